The van der Waals surface area contributed by atoms with Crippen molar-refractivity contribution in [2.24, 2.45) is 11.7 Å². The van der Waals surface area contributed by atoms with Crippen molar-refractivity contribution in [1.29, 1.82) is 0 Å². The van der Waals surface area contributed by atoms with Gasteiger partial charge in [-0.2, -0.15) is 0 Å². The lowest BCUT2D eigenvalue weighted by atomic mass is 10.1. The van der Waals surface area contributed by atoms with Crippen LogP contribution in [0, 0.1) is 5.92 Å². The number of nitrogens with two attached hydrogens (primary N) is 1. The second kappa shape index (κ2) is 8.11. The van der Waals surface area contributed by atoms with Crippen molar-refractivity contribution in [2.45, 2.75) is 33.2 Å². The third-order valence-electron chi connectivity index (χ3n) is 2.72. The van der Waals surface area contributed by atoms with Crippen molar-refractivity contribution in [2.75, 3.05) is 19.8 Å². The standard InChI is InChI=1S/C15H25NO2/c1-12(2)7-8-17-9-10-18-15-6-4-5-14(11-15)13(3)16/h4-6,11-13H,7-10,16H2,1-3H3/t13-/m0/s1. The maximum absolute atomic E-state index is 5.83. The van der Waals surface area contributed by atoms with E-state index in [9.17, 15) is 0 Å². The van der Waals surface area contributed by atoms with Crippen LogP contribution in [0.2, 0.25) is 0 Å². The van der Waals surface area contributed by atoms with E-state index in [1.54, 1.807) is 0 Å². The van der Waals surface area contributed by atoms with Gasteiger partial charge in [-0.15, -0.1) is 0 Å². The Morgan fingerprint density at radius 2 is 1.89 bits per heavy atom. The molecule has 1 aromatic carbocycles. The lowest BCUT2D eigenvalue weighted by molar-refractivity contribution is 0.0925. The van der Waals surface area contributed by atoms with E-state index in [1.807, 2.05) is 31.2 Å². The number of hydrogen-bond acceptors (Lipinski definition) is 3. The van der Waals surface area contributed by atoms with Gasteiger partial charge < -0.3 is 15.2 Å². The minimum absolute atomic E-state index is 0.0378. The Morgan fingerprint density at radius 3 is 2.56 bits per heavy atom. The molecule has 0 saturated heterocycles. The van der Waals surface area contributed by atoms with Crippen molar-refractivity contribution in [3.63, 3.8) is 0 Å². The van der Waals surface area contributed by atoms with Crippen molar-refractivity contribution < 1.29 is 9.47 Å². The molecule has 0 aliphatic heterocycles. The summed E-state index contributed by atoms with van der Waals surface area (Å²) in [7, 11) is 0. The monoisotopic (exact) mass is 251 g/mol. The van der Waals surface area contributed by atoms with Gasteiger partial charge in [0.15, 0.2) is 0 Å². The van der Waals surface area contributed by atoms with Gasteiger partial charge in [0.1, 0.15) is 12.4 Å². The fourth-order valence-corrected chi connectivity index (χ4v) is 1.53. The Balaban J connectivity index is 2.21. The van der Waals surface area contributed by atoms with Gasteiger partial charge in [-0.1, -0.05) is 26.0 Å². The molecule has 0 aliphatic carbocycles. The van der Waals surface area contributed by atoms with Crippen molar-refractivity contribution >= 4 is 0 Å². The molecule has 0 bridgehead atoms. The summed E-state index contributed by atoms with van der Waals surface area (Å²) >= 11 is 0. The average Bonchev–Trinajstić information content (AvgIpc) is 2.33. The second-order valence-electron chi connectivity index (χ2n) is 5.00. The van der Waals surface area contributed by atoms with Crippen LogP contribution >= 0.6 is 0 Å². The smallest absolute Gasteiger partial charge is 0.119 e. The zero-order valence-corrected chi connectivity index (χ0v) is 11.7. The number of hydrogen-bond donors (Lipinski definition) is 1. The first kappa shape index (κ1) is 15.0. The molecular weight excluding hydrogens is 226 g/mol. The summed E-state index contributed by atoms with van der Waals surface area (Å²) in [5, 5.41) is 0. The highest BCUT2D eigenvalue weighted by Gasteiger charge is 2.01. The Kier molecular flexibility index (Phi) is 6.76. The first-order valence-electron chi connectivity index (χ1n) is 6.65. The summed E-state index contributed by atoms with van der Waals surface area (Å²) in [5.41, 5.74) is 6.92. The van der Waals surface area contributed by atoms with Gasteiger partial charge in [0, 0.05) is 12.6 Å². The molecule has 0 unspecified atom stereocenters. The Morgan fingerprint density at radius 1 is 1.11 bits per heavy atom. The number of ether oxygens (including phenoxy) is 2. The number of rotatable bonds is 8. The van der Waals surface area contributed by atoms with Crippen LogP contribution in [0.15, 0.2) is 24.3 Å². The van der Waals surface area contributed by atoms with E-state index in [0.29, 0.717) is 19.1 Å². The van der Waals surface area contributed by atoms with Crippen LogP contribution in [-0.2, 0) is 4.74 Å². The minimum Gasteiger partial charge on any atom is -0.491 e. The Labute approximate surface area is 110 Å². The van der Waals surface area contributed by atoms with Crippen LogP contribution in [0.4, 0.5) is 0 Å². The van der Waals surface area contributed by atoms with E-state index < -0.39 is 0 Å². The largest absolute Gasteiger partial charge is 0.491 e. The van der Waals surface area contributed by atoms with Crippen LogP contribution in [0.3, 0.4) is 0 Å². The summed E-state index contributed by atoms with van der Waals surface area (Å²) < 4.78 is 11.1. The van der Waals surface area contributed by atoms with Crippen LogP contribution in [0.5, 0.6) is 5.75 Å². The van der Waals surface area contributed by atoms with Crippen LogP contribution < -0.4 is 10.5 Å². The summed E-state index contributed by atoms with van der Waals surface area (Å²) in [6, 6.07) is 7.94. The molecule has 1 aromatic rings. The summed E-state index contributed by atoms with van der Waals surface area (Å²) in [5.74, 6) is 1.55. The van der Waals surface area contributed by atoms with Crippen molar-refractivity contribution in [3.8, 4) is 5.75 Å². The lowest BCUT2D eigenvalue weighted by Crippen LogP contribution is -2.09. The first-order chi connectivity index (χ1) is 8.59. The van der Waals surface area contributed by atoms with Crippen LogP contribution in [-0.4, -0.2) is 19.8 Å². The molecule has 0 aliphatic rings. The zero-order chi connectivity index (χ0) is 13.4. The maximum Gasteiger partial charge on any atom is 0.119 e. The van der Waals surface area contributed by atoms with Gasteiger partial charge >= 0.3 is 0 Å². The zero-order valence-electron chi connectivity index (χ0n) is 11.7. The molecule has 0 amide bonds. The van der Waals surface area contributed by atoms with Crippen molar-refractivity contribution in [1.82, 2.24) is 0 Å². The highest BCUT2D eigenvalue weighted by Crippen LogP contribution is 2.17. The number of benzene rings is 1. The summed E-state index contributed by atoms with van der Waals surface area (Å²) in [4.78, 5) is 0. The van der Waals surface area contributed by atoms with Gasteiger partial charge in [-0.25, -0.2) is 0 Å². The van der Waals surface area contributed by atoms with Crippen molar-refractivity contribution in [3.05, 3.63) is 29.8 Å². The van der Waals surface area contributed by atoms with E-state index in [2.05, 4.69) is 13.8 Å². The molecule has 2 N–H and O–H groups in total. The third-order valence-corrected chi connectivity index (χ3v) is 2.72. The van der Waals surface area contributed by atoms with E-state index in [1.165, 1.54) is 0 Å². The Hall–Kier alpha value is -1.06. The third kappa shape index (κ3) is 6.03. The predicted octanol–water partition coefficient (Wildman–Crippen LogP) is 3.15. The molecule has 3 heteroatoms. The van der Waals surface area contributed by atoms with Crippen LogP contribution in [0.25, 0.3) is 0 Å². The molecule has 0 spiro atoms. The fourth-order valence-electron chi connectivity index (χ4n) is 1.53. The Bertz CT molecular complexity index is 337. The minimum atomic E-state index is 0.0378. The van der Waals surface area contributed by atoms with E-state index >= 15 is 0 Å². The quantitative estimate of drug-likeness (QED) is 0.722. The van der Waals surface area contributed by atoms with E-state index in [-0.39, 0.29) is 6.04 Å². The molecule has 0 saturated carbocycles. The predicted molar refractivity (Wildman–Crippen MR) is 74.8 cm³/mol. The molecule has 0 fully saturated rings. The average molecular weight is 251 g/mol. The summed E-state index contributed by atoms with van der Waals surface area (Å²) in [6.45, 7) is 8.38. The molecule has 3 nitrogen and oxygen atoms in total. The molecule has 0 aromatic heterocycles. The fraction of sp³-hybridized carbons (Fsp3) is 0.600. The molecule has 0 heterocycles. The maximum atomic E-state index is 5.83. The SMILES string of the molecule is CC(C)CCOCCOc1cccc([C@H](C)N)c1. The van der Waals surface area contributed by atoms with E-state index in [4.69, 9.17) is 15.2 Å². The normalized spacial score (nSPS) is 12.7. The van der Waals surface area contributed by atoms with E-state index in [0.717, 1.165) is 24.3 Å². The van der Waals surface area contributed by atoms with Gasteiger partial charge in [0.25, 0.3) is 0 Å². The molecular formula is C15H25NO2. The van der Waals surface area contributed by atoms with Gasteiger partial charge in [0.05, 0.1) is 6.61 Å². The molecule has 18 heavy (non-hydrogen) atoms. The topological polar surface area (TPSA) is 44.5 Å². The second-order valence-corrected chi connectivity index (χ2v) is 5.00. The van der Waals surface area contributed by atoms with Gasteiger partial charge in [0.2, 0.25) is 0 Å². The molecule has 1 rings (SSSR count). The highest BCUT2D eigenvalue weighted by molar-refractivity contribution is 5.30. The molecule has 0 radical (unpaired) electrons. The highest BCUT2D eigenvalue weighted by atomic mass is 16.5. The van der Waals surface area contributed by atoms with Crippen LogP contribution in [0.1, 0.15) is 38.8 Å². The summed E-state index contributed by atoms with van der Waals surface area (Å²) in [6.07, 6.45) is 1.10. The molecule has 102 valence electrons. The van der Waals surface area contributed by atoms with Gasteiger partial charge in [-0.05, 0) is 37.0 Å². The van der Waals surface area contributed by atoms with Gasteiger partial charge in [-0.3, -0.25) is 0 Å². The first-order valence-corrected chi connectivity index (χ1v) is 6.65. The lowest BCUT2D eigenvalue weighted by Gasteiger charge is -2.10. The molecule has 1 atom stereocenters.